The summed E-state index contributed by atoms with van der Waals surface area (Å²) in [5.41, 5.74) is 1.02. The van der Waals surface area contributed by atoms with Crippen molar-refractivity contribution in [1.82, 2.24) is 10.3 Å². The summed E-state index contributed by atoms with van der Waals surface area (Å²) in [5, 5.41) is 9.00. The topological polar surface area (TPSA) is 88.1 Å². The van der Waals surface area contributed by atoms with Crippen LogP contribution >= 0.6 is 0 Å². The molecule has 2 amide bonds. The highest BCUT2D eigenvalue weighted by Crippen LogP contribution is 2.62. The predicted octanol–water partition coefficient (Wildman–Crippen LogP) is 2.64. The van der Waals surface area contributed by atoms with Crippen molar-refractivity contribution in [1.29, 1.82) is 0 Å². The molecule has 5 aliphatic rings. The number of ether oxygens (including phenoxy) is 1. The summed E-state index contributed by atoms with van der Waals surface area (Å²) in [5.74, 6) is 0.263. The van der Waals surface area contributed by atoms with Gasteiger partial charge in [-0.05, 0) is 55.9 Å². The molecule has 4 atom stereocenters. The normalized spacial score (nSPS) is 33.2. The van der Waals surface area contributed by atoms with Gasteiger partial charge in [0.1, 0.15) is 0 Å². The lowest BCUT2D eigenvalue weighted by molar-refractivity contribution is -0.178. The molecule has 4 fully saturated rings. The minimum Gasteiger partial charge on any atom is -0.455 e. The third-order valence-electron chi connectivity index (χ3n) is 7.46. The monoisotopic (exact) mass is 423 g/mol. The number of benzene rings is 1. The SMILES string of the molecule is CC(=O)NC12C[C@H]3C[C@@H](C1)CC(C(=O)OCC(=O)N1CCC(c4ccccc4)=N1)(C3)C2. The molecule has 1 aromatic rings. The third kappa shape index (κ3) is 3.75. The van der Waals surface area contributed by atoms with E-state index >= 15 is 0 Å². The standard InChI is InChI=1S/C24H29N3O4/c1-16(28)25-24-12-17-9-18(13-24)11-23(10-17,15-24)22(30)31-14-21(29)27-8-7-20(26-27)19-5-3-2-4-6-19/h2-6,17-18H,7-15H2,1H3,(H,25,28)/t17-,18+,23?,24?. The second-order valence-corrected chi connectivity index (χ2v) is 9.96. The molecule has 1 aromatic carbocycles. The summed E-state index contributed by atoms with van der Waals surface area (Å²) >= 11 is 0. The van der Waals surface area contributed by atoms with E-state index < -0.39 is 5.41 Å². The number of carbonyl (C=O) groups excluding carboxylic acids is 3. The Kier molecular flexibility index (Phi) is 4.87. The minimum absolute atomic E-state index is 0.0400. The second-order valence-electron chi connectivity index (χ2n) is 9.96. The average molecular weight is 424 g/mol. The van der Waals surface area contributed by atoms with Crippen LogP contribution in [-0.2, 0) is 19.1 Å². The van der Waals surface area contributed by atoms with Crippen LogP contribution in [0.25, 0.3) is 0 Å². The van der Waals surface area contributed by atoms with Crippen molar-refractivity contribution in [2.24, 2.45) is 22.4 Å². The lowest BCUT2D eigenvalue weighted by Gasteiger charge is -2.60. The maximum atomic E-state index is 13.2. The highest BCUT2D eigenvalue weighted by atomic mass is 16.5. The van der Waals surface area contributed by atoms with Crippen LogP contribution in [0, 0.1) is 17.3 Å². The Bertz CT molecular complexity index is 927. The molecule has 0 radical (unpaired) electrons. The number of hydrazone groups is 1. The van der Waals surface area contributed by atoms with Gasteiger partial charge in [0.15, 0.2) is 6.61 Å². The quantitative estimate of drug-likeness (QED) is 0.738. The number of hydrogen-bond acceptors (Lipinski definition) is 5. The van der Waals surface area contributed by atoms with Gasteiger partial charge in [0, 0.05) is 18.9 Å². The fourth-order valence-corrected chi connectivity index (χ4v) is 6.85. The molecule has 0 saturated heterocycles. The zero-order valence-corrected chi connectivity index (χ0v) is 17.9. The Morgan fingerprint density at radius 1 is 1.13 bits per heavy atom. The van der Waals surface area contributed by atoms with Crippen molar-refractivity contribution in [3.8, 4) is 0 Å². The van der Waals surface area contributed by atoms with Crippen molar-refractivity contribution in [3.63, 3.8) is 0 Å². The Morgan fingerprint density at radius 3 is 2.52 bits per heavy atom. The van der Waals surface area contributed by atoms with Crippen molar-refractivity contribution < 1.29 is 19.1 Å². The number of nitrogens with one attached hydrogen (secondary N) is 1. The fourth-order valence-electron chi connectivity index (χ4n) is 6.85. The first kappa shape index (κ1) is 20.2. The van der Waals surface area contributed by atoms with Crippen molar-refractivity contribution in [2.45, 2.75) is 57.4 Å². The van der Waals surface area contributed by atoms with E-state index in [0.717, 1.165) is 43.4 Å². The van der Waals surface area contributed by atoms with E-state index in [9.17, 15) is 14.4 Å². The summed E-state index contributed by atoms with van der Waals surface area (Å²) in [6.07, 6.45) is 5.94. The van der Waals surface area contributed by atoms with E-state index in [4.69, 9.17) is 4.74 Å². The van der Waals surface area contributed by atoms with Gasteiger partial charge in [-0.3, -0.25) is 14.4 Å². The number of hydrogen-bond donors (Lipinski definition) is 1. The van der Waals surface area contributed by atoms with Crippen molar-refractivity contribution >= 4 is 23.5 Å². The van der Waals surface area contributed by atoms with Gasteiger partial charge in [0.25, 0.3) is 5.91 Å². The van der Waals surface area contributed by atoms with Gasteiger partial charge in [0.2, 0.25) is 5.91 Å². The third-order valence-corrected chi connectivity index (χ3v) is 7.46. The fraction of sp³-hybridized carbons (Fsp3) is 0.583. The minimum atomic E-state index is -0.573. The molecule has 7 heteroatoms. The van der Waals surface area contributed by atoms with Crippen LogP contribution in [0.2, 0.25) is 0 Å². The van der Waals surface area contributed by atoms with Crippen LogP contribution in [0.5, 0.6) is 0 Å². The molecule has 4 aliphatic carbocycles. The van der Waals surface area contributed by atoms with Gasteiger partial charge in [-0.25, -0.2) is 5.01 Å². The number of rotatable bonds is 5. The molecule has 164 valence electrons. The van der Waals surface area contributed by atoms with Gasteiger partial charge in [0.05, 0.1) is 17.7 Å². The molecule has 1 aliphatic heterocycles. The number of amides is 2. The molecule has 6 rings (SSSR count). The van der Waals surface area contributed by atoms with Gasteiger partial charge in [-0.2, -0.15) is 5.10 Å². The first-order valence-electron chi connectivity index (χ1n) is 11.3. The smallest absolute Gasteiger partial charge is 0.312 e. The summed E-state index contributed by atoms with van der Waals surface area (Å²) in [7, 11) is 0. The van der Waals surface area contributed by atoms with Crippen LogP contribution < -0.4 is 5.32 Å². The summed E-state index contributed by atoms with van der Waals surface area (Å²) in [4.78, 5) is 37.6. The van der Waals surface area contributed by atoms with E-state index in [1.54, 1.807) is 6.92 Å². The van der Waals surface area contributed by atoms with Crippen molar-refractivity contribution in [3.05, 3.63) is 35.9 Å². The molecule has 0 spiro atoms. The zero-order valence-electron chi connectivity index (χ0n) is 17.9. The molecule has 7 nitrogen and oxygen atoms in total. The van der Waals surface area contributed by atoms with Crippen LogP contribution in [0.4, 0.5) is 0 Å². The maximum Gasteiger partial charge on any atom is 0.312 e. The Balaban J connectivity index is 1.23. The molecular weight excluding hydrogens is 394 g/mol. The van der Waals surface area contributed by atoms with E-state index in [1.807, 2.05) is 30.3 Å². The van der Waals surface area contributed by atoms with Crippen LogP contribution in [0.15, 0.2) is 35.4 Å². The largest absolute Gasteiger partial charge is 0.455 e. The molecular formula is C24H29N3O4. The first-order chi connectivity index (χ1) is 14.9. The summed E-state index contributed by atoms with van der Waals surface area (Å²) in [6, 6.07) is 9.80. The number of esters is 1. The Morgan fingerprint density at radius 2 is 1.84 bits per heavy atom. The highest BCUT2D eigenvalue weighted by Gasteiger charge is 2.61. The number of carbonyl (C=O) groups is 3. The van der Waals surface area contributed by atoms with Gasteiger partial charge in [-0.1, -0.05) is 30.3 Å². The number of nitrogens with zero attached hydrogens (tertiary/aromatic N) is 2. The van der Waals surface area contributed by atoms with Crippen LogP contribution in [-0.4, -0.2) is 47.2 Å². The van der Waals surface area contributed by atoms with E-state index in [0.29, 0.717) is 31.2 Å². The maximum absolute atomic E-state index is 13.2. The van der Waals surface area contributed by atoms with Crippen molar-refractivity contribution in [2.75, 3.05) is 13.2 Å². The molecule has 31 heavy (non-hydrogen) atoms. The lowest BCUT2D eigenvalue weighted by atomic mass is 9.47. The average Bonchev–Trinajstić information content (AvgIpc) is 3.21. The Hall–Kier alpha value is -2.70. The second kappa shape index (κ2) is 7.46. The van der Waals surface area contributed by atoms with E-state index in [2.05, 4.69) is 10.4 Å². The van der Waals surface area contributed by atoms with Gasteiger partial charge in [-0.15, -0.1) is 0 Å². The lowest BCUT2D eigenvalue weighted by Crippen LogP contribution is -2.64. The molecule has 4 saturated carbocycles. The van der Waals surface area contributed by atoms with Crippen LogP contribution in [0.3, 0.4) is 0 Å². The molecule has 0 aromatic heterocycles. The van der Waals surface area contributed by atoms with Gasteiger partial charge < -0.3 is 10.1 Å². The molecule has 1 heterocycles. The predicted molar refractivity (Wildman–Crippen MR) is 114 cm³/mol. The molecule has 2 unspecified atom stereocenters. The Labute approximate surface area is 182 Å². The van der Waals surface area contributed by atoms with E-state index in [1.165, 1.54) is 5.01 Å². The first-order valence-corrected chi connectivity index (χ1v) is 11.3. The molecule has 1 N–H and O–H groups in total. The highest BCUT2D eigenvalue weighted by molar-refractivity contribution is 6.02. The summed E-state index contributed by atoms with van der Waals surface area (Å²) in [6.45, 7) is 1.76. The summed E-state index contributed by atoms with van der Waals surface area (Å²) < 4.78 is 5.58. The zero-order chi connectivity index (χ0) is 21.6. The van der Waals surface area contributed by atoms with Crippen LogP contribution in [0.1, 0.15) is 57.4 Å². The van der Waals surface area contributed by atoms with E-state index in [-0.39, 0.29) is 29.9 Å². The molecule has 4 bridgehead atoms. The van der Waals surface area contributed by atoms with Gasteiger partial charge >= 0.3 is 5.97 Å².